The van der Waals surface area contributed by atoms with E-state index in [-0.39, 0.29) is 18.3 Å². The van der Waals surface area contributed by atoms with Crippen LogP contribution in [0, 0.1) is 13.8 Å². The van der Waals surface area contributed by atoms with Gasteiger partial charge in [0.2, 0.25) is 0 Å². The Morgan fingerprint density at radius 3 is 2.44 bits per heavy atom. The SMILES string of the molecule is Cc1ccc2sc(N(CCN3CCOCC3)C(=O)c3ccc(N(C)C)cc3)nc2c1C.Cl. The van der Waals surface area contributed by atoms with Crippen molar-refractivity contribution in [2.24, 2.45) is 0 Å². The molecule has 2 heterocycles. The zero-order chi connectivity index (χ0) is 22.0. The molecular weight excluding hydrogens is 444 g/mol. The van der Waals surface area contributed by atoms with Gasteiger partial charge < -0.3 is 9.64 Å². The van der Waals surface area contributed by atoms with Crippen molar-refractivity contribution in [3.05, 3.63) is 53.1 Å². The summed E-state index contributed by atoms with van der Waals surface area (Å²) in [4.78, 5) is 24.7. The third-order valence-corrected chi connectivity index (χ3v) is 6.97. The van der Waals surface area contributed by atoms with Crippen molar-refractivity contribution >= 4 is 50.7 Å². The van der Waals surface area contributed by atoms with Crippen molar-refractivity contribution in [1.82, 2.24) is 9.88 Å². The fourth-order valence-electron chi connectivity index (χ4n) is 3.74. The molecule has 1 amide bonds. The maximum atomic E-state index is 13.6. The van der Waals surface area contributed by atoms with E-state index in [4.69, 9.17) is 9.72 Å². The van der Waals surface area contributed by atoms with Gasteiger partial charge in [-0.05, 0) is 55.3 Å². The maximum absolute atomic E-state index is 13.6. The number of anilines is 2. The Morgan fingerprint density at radius 1 is 1.09 bits per heavy atom. The van der Waals surface area contributed by atoms with Gasteiger partial charge >= 0.3 is 0 Å². The molecule has 3 aromatic rings. The number of hydrogen-bond donors (Lipinski definition) is 0. The molecule has 0 bridgehead atoms. The number of hydrogen-bond acceptors (Lipinski definition) is 6. The molecule has 1 aromatic heterocycles. The van der Waals surface area contributed by atoms with Gasteiger partial charge in [0.1, 0.15) is 0 Å². The molecule has 8 heteroatoms. The molecule has 0 saturated carbocycles. The first-order chi connectivity index (χ1) is 14.9. The van der Waals surface area contributed by atoms with Gasteiger partial charge in [0, 0.05) is 51.5 Å². The molecular formula is C24H31ClN4O2S. The average molecular weight is 475 g/mol. The zero-order valence-electron chi connectivity index (χ0n) is 19.1. The van der Waals surface area contributed by atoms with Crippen molar-refractivity contribution in [2.45, 2.75) is 13.8 Å². The number of aromatic nitrogens is 1. The number of benzene rings is 2. The Hall–Kier alpha value is -2.19. The minimum absolute atomic E-state index is 0. The number of carbonyl (C=O) groups is 1. The second-order valence-corrected chi connectivity index (χ2v) is 9.21. The Bertz CT molecular complexity index is 1060. The fourth-order valence-corrected chi connectivity index (χ4v) is 4.79. The standard InChI is InChI=1S/C24H30N4O2S.ClH/c1-17-5-10-21-22(18(17)2)25-24(31-21)28(12-11-27-13-15-30-16-14-27)23(29)19-6-8-20(9-7-19)26(3)4;/h5-10H,11-16H2,1-4H3;1H. The van der Waals surface area contributed by atoms with Crippen LogP contribution < -0.4 is 9.80 Å². The molecule has 1 saturated heterocycles. The van der Waals surface area contributed by atoms with Crippen LogP contribution in [0.25, 0.3) is 10.2 Å². The molecule has 6 nitrogen and oxygen atoms in total. The summed E-state index contributed by atoms with van der Waals surface area (Å²) >= 11 is 1.59. The summed E-state index contributed by atoms with van der Waals surface area (Å²) in [5, 5.41) is 0.763. The largest absolute Gasteiger partial charge is 0.379 e. The van der Waals surface area contributed by atoms with Crippen LogP contribution in [0.5, 0.6) is 0 Å². The van der Waals surface area contributed by atoms with Gasteiger partial charge in [0.05, 0.1) is 23.4 Å². The lowest BCUT2D eigenvalue weighted by Gasteiger charge is -2.29. The Kier molecular flexibility index (Phi) is 8.11. The second-order valence-electron chi connectivity index (χ2n) is 8.20. The topological polar surface area (TPSA) is 48.9 Å². The first kappa shape index (κ1) is 24.5. The molecule has 0 aliphatic carbocycles. The molecule has 0 N–H and O–H groups in total. The quantitative estimate of drug-likeness (QED) is 0.530. The zero-order valence-corrected chi connectivity index (χ0v) is 20.8. The minimum atomic E-state index is -0.00741. The van der Waals surface area contributed by atoms with E-state index in [1.54, 1.807) is 11.3 Å². The minimum Gasteiger partial charge on any atom is -0.379 e. The third-order valence-electron chi connectivity index (χ3n) is 5.92. The number of aryl methyl sites for hydroxylation is 2. The summed E-state index contributed by atoms with van der Waals surface area (Å²) in [6, 6.07) is 12.0. The molecule has 0 spiro atoms. The number of morpholine rings is 1. The monoisotopic (exact) mass is 474 g/mol. The van der Waals surface area contributed by atoms with Crippen LogP contribution in [0.3, 0.4) is 0 Å². The molecule has 0 unspecified atom stereocenters. The van der Waals surface area contributed by atoms with Crippen LogP contribution in [0.15, 0.2) is 36.4 Å². The number of amides is 1. The number of carbonyl (C=O) groups excluding carboxylic acids is 1. The van der Waals surface area contributed by atoms with E-state index < -0.39 is 0 Å². The summed E-state index contributed by atoms with van der Waals surface area (Å²) in [5.74, 6) is -0.00741. The van der Waals surface area contributed by atoms with Crippen LogP contribution in [0.1, 0.15) is 21.5 Å². The highest BCUT2D eigenvalue weighted by Gasteiger charge is 2.23. The number of rotatable bonds is 6. The predicted molar refractivity (Wildman–Crippen MR) is 136 cm³/mol. The summed E-state index contributed by atoms with van der Waals surface area (Å²) in [7, 11) is 3.99. The molecule has 1 aliphatic rings. The predicted octanol–water partition coefficient (Wildman–Crippen LogP) is 4.38. The van der Waals surface area contributed by atoms with Gasteiger partial charge in [0.25, 0.3) is 5.91 Å². The highest BCUT2D eigenvalue weighted by molar-refractivity contribution is 7.22. The number of thiazole rings is 1. The van der Waals surface area contributed by atoms with Gasteiger partial charge in [-0.1, -0.05) is 17.4 Å². The molecule has 0 radical (unpaired) electrons. The Morgan fingerprint density at radius 2 is 1.78 bits per heavy atom. The second kappa shape index (κ2) is 10.6. The summed E-state index contributed by atoms with van der Waals surface area (Å²) in [6.07, 6.45) is 0. The van der Waals surface area contributed by atoms with Gasteiger partial charge in [-0.25, -0.2) is 4.98 Å². The highest BCUT2D eigenvalue weighted by atomic mass is 35.5. The molecule has 4 rings (SSSR count). The molecule has 0 atom stereocenters. The van der Waals surface area contributed by atoms with Gasteiger partial charge in [-0.2, -0.15) is 0 Å². The van der Waals surface area contributed by atoms with E-state index in [1.807, 2.05) is 48.2 Å². The van der Waals surface area contributed by atoms with Crippen LogP contribution in [0.2, 0.25) is 0 Å². The molecule has 1 fully saturated rings. The summed E-state index contributed by atoms with van der Waals surface area (Å²) in [6.45, 7) is 8.90. The normalized spacial score (nSPS) is 14.2. The van der Waals surface area contributed by atoms with E-state index in [9.17, 15) is 4.79 Å². The molecule has 2 aromatic carbocycles. The van der Waals surface area contributed by atoms with Crippen LogP contribution in [0.4, 0.5) is 10.8 Å². The van der Waals surface area contributed by atoms with E-state index in [1.165, 1.54) is 11.1 Å². The maximum Gasteiger partial charge on any atom is 0.260 e. The number of fused-ring (bicyclic) bond motifs is 1. The van der Waals surface area contributed by atoms with Crippen molar-refractivity contribution in [3.63, 3.8) is 0 Å². The lowest BCUT2D eigenvalue weighted by atomic mass is 10.1. The van der Waals surface area contributed by atoms with Gasteiger partial charge in [-0.15, -0.1) is 12.4 Å². The highest BCUT2D eigenvalue weighted by Crippen LogP contribution is 2.32. The first-order valence-corrected chi connectivity index (χ1v) is 11.5. The smallest absolute Gasteiger partial charge is 0.260 e. The van der Waals surface area contributed by atoms with Gasteiger partial charge in [0.15, 0.2) is 5.13 Å². The lowest BCUT2D eigenvalue weighted by Crippen LogP contribution is -2.43. The Balaban J connectivity index is 0.00000289. The Labute approximate surface area is 200 Å². The lowest BCUT2D eigenvalue weighted by molar-refractivity contribution is 0.0391. The summed E-state index contributed by atoms with van der Waals surface area (Å²) in [5.41, 5.74) is 5.14. The molecule has 1 aliphatic heterocycles. The van der Waals surface area contributed by atoms with Crippen molar-refractivity contribution < 1.29 is 9.53 Å². The number of nitrogens with zero attached hydrogens (tertiary/aromatic N) is 4. The average Bonchev–Trinajstić information content (AvgIpc) is 3.22. The number of ether oxygens (including phenoxy) is 1. The number of halogens is 1. The van der Waals surface area contributed by atoms with E-state index in [2.05, 4.69) is 30.9 Å². The van der Waals surface area contributed by atoms with Crippen LogP contribution in [-0.4, -0.2) is 69.3 Å². The van der Waals surface area contributed by atoms with Crippen LogP contribution >= 0.6 is 23.7 Å². The van der Waals surface area contributed by atoms with E-state index in [0.717, 1.165) is 53.9 Å². The van der Waals surface area contributed by atoms with Crippen molar-refractivity contribution in [1.29, 1.82) is 0 Å². The molecule has 172 valence electrons. The van der Waals surface area contributed by atoms with Crippen LogP contribution in [-0.2, 0) is 4.74 Å². The van der Waals surface area contributed by atoms with E-state index >= 15 is 0 Å². The third kappa shape index (κ3) is 5.23. The van der Waals surface area contributed by atoms with Crippen molar-refractivity contribution in [2.75, 3.05) is 63.3 Å². The van der Waals surface area contributed by atoms with Crippen molar-refractivity contribution in [3.8, 4) is 0 Å². The first-order valence-electron chi connectivity index (χ1n) is 10.7. The summed E-state index contributed by atoms with van der Waals surface area (Å²) < 4.78 is 6.58. The molecule has 32 heavy (non-hydrogen) atoms. The fraction of sp³-hybridized carbons (Fsp3) is 0.417. The van der Waals surface area contributed by atoms with E-state index in [0.29, 0.717) is 12.1 Å². The van der Waals surface area contributed by atoms with Gasteiger partial charge in [-0.3, -0.25) is 14.6 Å².